The van der Waals surface area contributed by atoms with E-state index in [4.69, 9.17) is 9.15 Å². The molecule has 1 amide bonds. The van der Waals surface area contributed by atoms with Gasteiger partial charge in [0.1, 0.15) is 24.0 Å². The van der Waals surface area contributed by atoms with Gasteiger partial charge in [-0.25, -0.2) is 4.39 Å². The molecule has 7 nitrogen and oxygen atoms in total. The van der Waals surface area contributed by atoms with E-state index in [0.29, 0.717) is 36.3 Å². The maximum absolute atomic E-state index is 13.5. The van der Waals surface area contributed by atoms with Gasteiger partial charge in [-0.1, -0.05) is 36.0 Å². The molecule has 2 heterocycles. The lowest BCUT2D eigenvalue weighted by molar-refractivity contribution is 0.0917. The van der Waals surface area contributed by atoms with Gasteiger partial charge in [0.2, 0.25) is 0 Å². The Morgan fingerprint density at radius 3 is 2.68 bits per heavy atom. The number of hydrogen-bond acceptors (Lipinski definition) is 6. The van der Waals surface area contributed by atoms with Gasteiger partial charge < -0.3 is 14.5 Å². The Morgan fingerprint density at radius 2 is 1.91 bits per heavy atom. The molecule has 4 rings (SSSR count). The van der Waals surface area contributed by atoms with Crippen LogP contribution in [0.3, 0.4) is 0 Å². The van der Waals surface area contributed by atoms with E-state index in [0.717, 1.165) is 11.4 Å². The maximum atomic E-state index is 13.5. The predicted molar refractivity (Wildman–Crippen MR) is 128 cm³/mol. The molecule has 1 N–H and O–H groups in total. The first-order chi connectivity index (χ1) is 16.5. The van der Waals surface area contributed by atoms with Gasteiger partial charge in [0.15, 0.2) is 10.9 Å². The zero-order chi connectivity index (χ0) is 23.9. The molecule has 0 aliphatic rings. The van der Waals surface area contributed by atoms with Crippen LogP contribution in [0.25, 0.3) is 5.69 Å². The molecule has 0 aliphatic carbocycles. The Hall–Kier alpha value is -3.43. The van der Waals surface area contributed by atoms with E-state index in [1.165, 1.54) is 23.3 Å². The fraction of sp³-hybridized carbons (Fsp3) is 0.240. The van der Waals surface area contributed by atoms with Gasteiger partial charge in [-0.2, -0.15) is 0 Å². The van der Waals surface area contributed by atoms with Crippen molar-refractivity contribution in [2.45, 2.75) is 30.9 Å². The topological polar surface area (TPSA) is 82.2 Å². The van der Waals surface area contributed by atoms with Gasteiger partial charge in [-0.15, -0.1) is 10.2 Å². The Labute approximate surface area is 201 Å². The quantitative estimate of drug-likeness (QED) is 0.331. The highest BCUT2D eigenvalue weighted by molar-refractivity contribution is 7.98. The Kier molecular flexibility index (Phi) is 7.76. The lowest BCUT2D eigenvalue weighted by Gasteiger charge is -2.11. The highest BCUT2D eigenvalue weighted by Gasteiger charge is 2.16. The smallest absolute Gasteiger partial charge is 0.287 e. The van der Waals surface area contributed by atoms with E-state index < -0.39 is 0 Å². The summed E-state index contributed by atoms with van der Waals surface area (Å²) in [7, 11) is 1.56. The fourth-order valence-corrected chi connectivity index (χ4v) is 4.46. The second kappa shape index (κ2) is 11.1. The number of aromatic nitrogens is 3. The van der Waals surface area contributed by atoms with Crippen molar-refractivity contribution in [2.24, 2.45) is 0 Å². The Balaban J connectivity index is 1.48. The number of furan rings is 1. The lowest BCUT2D eigenvalue weighted by atomic mass is 10.1. The molecule has 2 aromatic heterocycles. The van der Waals surface area contributed by atoms with E-state index in [1.54, 1.807) is 43.1 Å². The van der Waals surface area contributed by atoms with Crippen molar-refractivity contribution >= 4 is 17.7 Å². The van der Waals surface area contributed by atoms with Crippen molar-refractivity contribution in [1.82, 2.24) is 20.1 Å². The number of methoxy groups -OCH3 is 1. The number of carbonyl (C=O) groups is 1. The van der Waals surface area contributed by atoms with Gasteiger partial charge in [-0.05, 0) is 54.4 Å². The molecule has 0 saturated carbocycles. The normalized spacial score (nSPS) is 11.0. The molecule has 0 bridgehead atoms. The van der Waals surface area contributed by atoms with Crippen molar-refractivity contribution < 1.29 is 18.3 Å². The summed E-state index contributed by atoms with van der Waals surface area (Å²) < 4.78 is 25.9. The summed E-state index contributed by atoms with van der Waals surface area (Å²) in [5.41, 5.74) is 3.17. The van der Waals surface area contributed by atoms with Crippen LogP contribution in [0.1, 0.15) is 33.3 Å². The summed E-state index contributed by atoms with van der Waals surface area (Å²) in [5.74, 6) is 1.57. The Bertz CT molecular complexity index is 1250. The minimum Gasteiger partial charge on any atom is -0.453 e. The number of rotatable bonds is 10. The SMILES string of the molecule is COCc1ccc(C(=O)NCCc2nnc(SCc3ccccc3C)n2-c2ccc(F)cc2)o1. The number of aryl methyl sites for hydroxylation is 1. The third kappa shape index (κ3) is 5.73. The summed E-state index contributed by atoms with van der Waals surface area (Å²) in [6, 6.07) is 17.7. The molecule has 0 fully saturated rings. The van der Waals surface area contributed by atoms with Gasteiger partial charge in [0.05, 0.1) is 0 Å². The number of amides is 1. The van der Waals surface area contributed by atoms with Crippen LogP contribution in [-0.2, 0) is 23.5 Å². The molecule has 0 saturated heterocycles. The molecule has 176 valence electrons. The highest BCUT2D eigenvalue weighted by atomic mass is 32.2. The molecule has 34 heavy (non-hydrogen) atoms. The minimum absolute atomic E-state index is 0.224. The monoisotopic (exact) mass is 480 g/mol. The van der Waals surface area contributed by atoms with E-state index >= 15 is 0 Å². The molecule has 0 aliphatic heterocycles. The van der Waals surface area contributed by atoms with Crippen LogP contribution in [0, 0.1) is 12.7 Å². The van der Waals surface area contributed by atoms with Gasteiger partial charge in [-0.3, -0.25) is 9.36 Å². The van der Waals surface area contributed by atoms with Gasteiger partial charge in [0, 0.05) is 31.5 Å². The number of carbonyl (C=O) groups excluding carboxylic acids is 1. The van der Waals surface area contributed by atoms with Gasteiger partial charge >= 0.3 is 0 Å². The number of halogens is 1. The average Bonchev–Trinajstić information content (AvgIpc) is 3.47. The number of ether oxygens (including phenoxy) is 1. The number of thioether (sulfide) groups is 1. The van der Waals surface area contributed by atoms with Crippen LogP contribution in [0.2, 0.25) is 0 Å². The number of nitrogens with zero attached hydrogens (tertiary/aromatic N) is 3. The van der Waals surface area contributed by atoms with Crippen molar-refractivity contribution in [3.8, 4) is 5.69 Å². The van der Waals surface area contributed by atoms with E-state index in [2.05, 4.69) is 34.6 Å². The summed E-state index contributed by atoms with van der Waals surface area (Å²) in [4.78, 5) is 12.4. The van der Waals surface area contributed by atoms with Crippen LogP contribution in [0.5, 0.6) is 0 Å². The lowest BCUT2D eigenvalue weighted by Crippen LogP contribution is -2.26. The number of hydrogen-bond donors (Lipinski definition) is 1. The van der Waals surface area contributed by atoms with Crippen LogP contribution >= 0.6 is 11.8 Å². The first-order valence-electron chi connectivity index (χ1n) is 10.8. The molecular weight excluding hydrogens is 455 g/mol. The summed E-state index contributed by atoms with van der Waals surface area (Å²) >= 11 is 1.56. The minimum atomic E-state index is -0.315. The van der Waals surface area contributed by atoms with E-state index in [1.807, 2.05) is 16.7 Å². The third-order valence-corrected chi connectivity index (χ3v) is 6.19. The predicted octanol–water partition coefficient (Wildman–Crippen LogP) is 4.72. The summed E-state index contributed by atoms with van der Waals surface area (Å²) in [5, 5.41) is 12.3. The van der Waals surface area contributed by atoms with Crippen molar-refractivity contribution in [3.05, 3.63) is 95.0 Å². The zero-order valence-corrected chi connectivity index (χ0v) is 19.8. The van der Waals surface area contributed by atoms with Crippen molar-refractivity contribution in [1.29, 1.82) is 0 Å². The van der Waals surface area contributed by atoms with Crippen LogP contribution in [0.4, 0.5) is 4.39 Å². The molecule has 0 atom stereocenters. The summed E-state index contributed by atoms with van der Waals surface area (Å²) in [6.45, 7) is 2.71. The molecule has 0 spiro atoms. The molecule has 0 radical (unpaired) electrons. The highest BCUT2D eigenvalue weighted by Crippen LogP contribution is 2.26. The first kappa shape index (κ1) is 23.7. The molecule has 2 aromatic carbocycles. The second-order valence-corrected chi connectivity index (χ2v) is 8.57. The molecule has 0 unspecified atom stereocenters. The molecular formula is C25H25FN4O3S. The number of nitrogens with one attached hydrogen (secondary N) is 1. The first-order valence-corrected chi connectivity index (χ1v) is 11.8. The van der Waals surface area contributed by atoms with Crippen molar-refractivity contribution in [2.75, 3.05) is 13.7 Å². The van der Waals surface area contributed by atoms with Crippen LogP contribution in [0.15, 0.2) is 70.2 Å². The maximum Gasteiger partial charge on any atom is 0.287 e. The van der Waals surface area contributed by atoms with E-state index in [-0.39, 0.29) is 17.5 Å². The second-order valence-electron chi connectivity index (χ2n) is 7.63. The largest absolute Gasteiger partial charge is 0.453 e. The zero-order valence-electron chi connectivity index (χ0n) is 19.0. The summed E-state index contributed by atoms with van der Waals surface area (Å²) in [6.07, 6.45) is 0.437. The van der Waals surface area contributed by atoms with Crippen molar-refractivity contribution in [3.63, 3.8) is 0 Å². The molecule has 9 heteroatoms. The van der Waals surface area contributed by atoms with Crippen LogP contribution in [-0.4, -0.2) is 34.3 Å². The number of benzene rings is 2. The third-order valence-electron chi connectivity index (χ3n) is 5.21. The van der Waals surface area contributed by atoms with Crippen LogP contribution < -0.4 is 5.32 Å². The van der Waals surface area contributed by atoms with E-state index in [9.17, 15) is 9.18 Å². The fourth-order valence-electron chi connectivity index (χ4n) is 3.41. The standard InChI is InChI=1S/C25H25FN4O3S/c1-17-5-3-4-6-18(17)16-34-25-29-28-23(30(25)20-9-7-19(26)8-10-20)13-14-27-24(31)22-12-11-21(33-22)15-32-2/h3-12H,13-16H2,1-2H3,(H,27,31). The van der Waals surface area contributed by atoms with Gasteiger partial charge in [0.25, 0.3) is 5.91 Å². The average molecular weight is 481 g/mol. The Morgan fingerprint density at radius 1 is 1.12 bits per heavy atom. The molecule has 4 aromatic rings.